The molecule has 1 radical (unpaired) electrons. The van der Waals surface area contributed by atoms with Gasteiger partial charge >= 0.3 is 0 Å². The van der Waals surface area contributed by atoms with E-state index >= 15 is 0 Å². The Kier molecular flexibility index (Phi) is 4.46. The van der Waals surface area contributed by atoms with Crippen LogP contribution < -0.4 is 0 Å². The highest BCUT2D eigenvalue weighted by Crippen LogP contribution is 2.23. The van der Waals surface area contributed by atoms with Crippen LogP contribution in [0.1, 0.15) is 31.4 Å². The maximum atomic E-state index is 5.15. The van der Waals surface area contributed by atoms with Gasteiger partial charge in [-0.3, -0.25) is 0 Å². The Hall–Kier alpha value is -0.340. The van der Waals surface area contributed by atoms with Crippen molar-refractivity contribution in [1.29, 1.82) is 0 Å². The van der Waals surface area contributed by atoms with Crippen molar-refractivity contribution in [2.45, 2.75) is 25.9 Å². The summed E-state index contributed by atoms with van der Waals surface area (Å²) in [5, 5.41) is 0. The van der Waals surface area contributed by atoms with Crippen molar-refractivity contribution in [3.8, 4) is 0 Å². The molecule has 1 atom stereocenters. The molecule has 0 spiro atoms. The number of benzene rings is 1. The summed E-state index contributed by atoms with van der Waals surface area (Å²) >= 11 is 3.40. The quantitative estimate of drug-likeness (QED) is 0.772. The van der Waals surface area contributed by atoms with Crippen molar-refractivity contribution in [3.63, 3.8) is 0 Å². The second-order valence-corrected chi connectivity index (χ2v) is 3.91. The van der Waals surface area contributed by atoms with Crippen molar-refractivity contribution in [2.75, 3.05) is 0 Å². The van der Waals surface area contributed by atoms with Crippen LogP contribution in [0, 0.1) is 7.11 Å². The normalized spacial score (nSPS) is 12.8. The molecular weight excluding hydrogens is 228 g/mol. The van der Waals surface area contributed by atoms with E-state index in [4.69, 9.17) is 4.74 Å². The number of hydrogen-bond donors (Lipinski definition) is 0. The second-order valence-electron chi connectivity index (χ2n) is 3.00. The van der Waals surface area contributed by atoms with Gasteiger partial charge in [0.25, 0.3) is 0 Å². The van der Waals surface area contributed by atoms with Gasteiger partial charge < -0.3 is 4.74 Å². The molecule has 0 bridgehead atoms. The molecule has 0 aliphatic rings. The zero-order valence-corrected chi connectivity index (χ0v) is 9.38. The fourth-order valence-electron chi connectivity index (χ4n) is 1.29. The van der Waals surface area contributed by atoms with E-state index in [1.807, 2.05) is 12.1 Å². The summed E-state index contributed by atoms with van der Waals surface area (Å²) in [5.41, 5.74) is 1.19. The minimum absolute atomic E-state index is 0.137. The molecule has 0 saturated carbocycles. The topological polar surface area (TPSA) is 9.23 Å². The molecule has 1 unspecified atom stereocenters. The largest absolute Gasteiger partial charge is 0.371 e. The molecule has 2 heteroatoms. The van der Waals surface area contributed by atoms with E-state index in [0.29, 0.717) is 0 Å². The highest BCUT2D eigenvalue weighted by molar-refractivity contribution is 9.10. The first-order valence-electron chi connectivity index (χ1n) is 4.44. The first-order valence-corrected chi connectivity index (χ1v) is 5.23. The Morgan fingerprint density at radius 2 is 2.00 bits per heavy atom. The van der Waals surface area contributed by atoms with E-state index in [1.165, 1.54) is 5.56 Å². The van der Waals surface area contributed by atoms with Gasteiger partial charge in [-0.2, -0.15) is 0 Å². The van der Waals surface area contributed by atoms with Crippen LogP contribution in [0.3, 0.4) is 0 Å². The van der Waals surface area contributed by atoms with Gasteiger partial charge in [-0.05, 0) is 24.1 Å². The van der Waals surface area contributed by atoms with Gasteiger partial charge in [0.1, 0.15) is 0 Å². The van der Waals surface area contributed by atoms with E-state index in [2.05, 4.69) is 42.1 Å². The van der Waals surface area contributed by atoms with Gasteiger partial charge in [-0.1, -0.05) is 41.4 Å². The molecule has 1 rings (SSSR count). The monoisotopic (exact) mass is 241 g/mol. The summed E-state index contributed by atoms with van der Waals surface area (Å²) in [6.45, 7) is 2.14. The summed E-state index contributed by atoms with van der Waals surface area (Å²) in [7, 11) is 3.49. The van der Waals surface area contributed by atoms with Gasteiger partial charge in [0.2, 0.25) is 0 Å². The molecule has 71 valence electrons. The predicted molar refractivity (Wildman–Crippen MR) is 58.2 cm³/mol. The van der Waals surface area contributed by atoms with Crippen LogP contribution in [0.15, 0.2) is 28.7 Å². The summed E-state index contributed by atoms with van der Waals surface area (Å²) in [4.78, 5) is 0. The predicted octanol–water partition coefficient (Wildman–Crippen LogP) is 4.10. The van der Waals surface area contributed by atoms with Crippen molar-refractivity contribution >= 4 is 15.9 Å². The molecular formula is C11H14BrO. The number of halogens is 1. The maximum absolute atomic E-state index is 5.15. The number of hydrogen-bond acceptors (Lipinski definition) is 1. The highest BCUT2D eigenvalue weighted by Gasteiger charge is 2.08. The Morgan fingerprint density at radius 3 is 2.46 bits per heavy atom. The maximum Gasteiger partial charge on any atom is 0.0826 e. The lowest BCUT2D eigenvalue weighted by Crippen LogP contribution is -1.99. The van der Waals surface area contributed by atoms with Crippen LogP contribution in [-0.2, 0) is 4.74 Å². The zero-order chi connectivity index (χ0) is 9.68. The first-order chi connectivity index (χ1) is 6.27. The average Bonchev–Trinajstić information content (AvgIpc) is 2.16. The Balaban J connectivity index is 2.73. The van der Waals surface area contributed by atoms with Crippen molar-refractivity contribution in [3.05, 3.63) is 41.4 Å². The van der Waals surface area contributed by atoms with Crippen molar-refractivity contribution < 1.29 is 4.74 Å². The van der Waals surface area contributed by atoms with E-state index in [1.54, 1.807) is 0 Å². The number of rotatable bonds is 4. The van der Waals surface area contributed by atoms with E-state index < -0.39 is 0 Å². The molecule has 0 saturated heterocycles. The fourth-order valence-corrected chi connectivity index (χ4v) is 1.55. The van der Waals surface area contributed by atoms with Crippen molar-refractivity contribution in [1.82, 2.24) is 0 Å². The summed E-state index contributed by atoms with van der Waals surface area (Å²) in [5.74, 6) is 0. The van der Waals surface area contributed by atoms with E-state index in [-0.39, 0.29) is 6.10 Å². The lowest BCUT2D eigenvalue weighted by molar-refractivity contribution is 0.130. The van der Waals surface area contributed by atoms with Gasteiger partial charge in [-0.25, -0.2) is 0 Å². The first kappa shape index (κ1) is 10.7. The molecule has 13 heavy (non-hydrogen) atoms. The SMILES string of the molecule is [CH2]OC(CCC)c1ccc(Br)cc1. The molecule has 0 fully saturated rings. The highest BCUT2D eigenvalue weighted by atomic mass is 79.9. The summed E-state index contributed by atoms with van der Waals surface area (Å²) in [6.07, 6.45) is 2.26. The third-order valence-corrected chi connectivity index (χ3v) is 2.52. The van der Waals surface area contributed by atoms with Gasteiger partial charge in [0.05, 0.1) is 13.2 Å². The van der Waals surface area contributed by atoms with E-state index in [0.717, 1.165) is 17.3 Å². The Labute approximate surface area is 88.2 Å². The Bertz CT molecular complexity index is 243. The molecule has 0 aliphatic heterocycles. The van der Waals surface area contributed by atoms with Crippen LogP contribution in [0.5, 0.6) is 0 Å². The minimum Gasteiger partial charge on any atom is -0.371 e. The summed E-state index contributed by atoms with van der Waals surface area (Å²) < 4.78 is 6.24. The molecule has 0 aromatic heterocycles. The van der Waals surface area contributed by atoms with Crippen LogP contribution in [0.4, 0.5) is 0 Å². The summed E-state index contributed by atoms with van der Waals surface area (Å²) in [6, 6.07) is 8.18. The van der Waals surface area contributed by atoms with Gasteiger partial charge in [0.15, 0.2) is 0 Å². The molecule has 1 aromatic rings. The second kappa shape index (κ2) is 5.40. The standard InChI is InChI=1S/C11H14BrO/c1-3-4-11(13-2)9-5-7-10(12)8-6-9/h5-8,11H,2-4H2,1H3. The van der Waals surface area contributed by atoms with Gasteiger partial charge in [0, 0.05) is 4.47 Å². The zero-order valence-electron chi connectivity index (χ0n) is 7.79. The van der Waals surface area contributed by atoms with E-state index in [9.17, 15) is 0 Å². The average molecular weight is 242 g/mol. The molecule has 0 heterocycles. The lowest BCUT2D eigenvalue weighted by Gasteiger charge is -2.14. The Morgan fingerprint density at radius 1 is 1.38 bits per heavy atom. The third kappa shape index (κ3) is 3.12. The number of ether oxygens (including phenoxy) is 1. The fraction of sp³-hybridized carbons (Fsp3) is 0.364. The molecule has 0 N–H and O–H groups in total. The third-order valence-electron chi connectivity index (χ3n) is 1.99. The van der Waals surface area contributed by atoms with Crippen molar-refractivity contribution in [2.24, 2.45) is 0 Å². The molecule has 1 nitrogen and oxygen atoms in total. The smallest absolute Gasteiger partial charge is 0.0826 e. The van der Waals surface area contributed by atoms with Crippen LogP contribution in [0.2, 0.25) is 0 Å². The lowest BCUT2D eigenvalue weighted by atomic mass is 10.1. The van der Waals surface area contributed by atoms with Crippen LogP contribution >= 0.6 is 15.9 Å². The van der Waals surface area contributed by atoms with Crippen LogP contribution in [0.25, 0.3) is 0 Å². The molecule has 1 aromatic carbocycles. The van der Waals surface area contributed by atoms with Crippen LogP contribution in [-0.4, -0.2) is 0 Å². The molecule has 0 aliphatic carbocycles. The minimum atomic E-state index is 0.137. The molecule has 0 amide bonds. The van der Waals surface area contributed by atoms with Gasteiger partial charge in [-0.15, -0.1) is 0 Å².